The fraction of sp³-hybridized carbons (Fsp3) is 0.500. The van der Waals surface area contributed by atoms with Crippen molar-refractivity contribution in [3.8, 4) is 5.75 Å². The molecular weight excluding hydrogens is 294 g/mol. The first-order valence-corrected chi connectivity index (χ1v) is 7.18. The smallest absolute Gasteiger partial charge is 0.233 e. The molecule has 3 nitrogen and oxygen atoms in total. The van der Waals surface area contributed by atoms with E-state index in [0.29, 0.717) is 6.54 Å². The Kier molecular flexibility index (Phi) is 6.80. The summed E-state index contributed by atoms with van der Waals surface area (Å²) in [5.41, 5.74) is 1.05. The molecule has 1 aromatic rings. The lowest BCUT2D eigenvalue weighted by Crippen LogP contribution is -2.28. The Hall–Kier alpha value is -1.03. The molecule has 1 aromatic carbocycles. The summed E-state index contributed by atoms with van der Waals surface area (Å²) in [6, 6.07) is 7.83. The van der Waals surface area contributed by atoms with E-state index in [2.05, 4.69) is 28.2 Å². The van der Waals surface area contributed by atoms with E-state index in [-0.39, 0.29) is 10.7 Å². The van der Waals surface area contributed by atoms with Crippen LogP contribution in [0.5, 0.6) is 5.75 Å². The lowest BCUT2D eigenvalue weighted by molar-refractivity contribution is -0.120. The minimum Gasteiger partial charge on any atom is -0.494 e. The molecule has 0 bridgehead atoms. The summed E-state index contributed by atoms with van der Waals surface area (Å²) in [6.07, 6.45) is 2.18. The summed E-state index contributed by atoms with van der Waals surface area (Å²) in [5.74, 6) is 0.856. The summed E-state index contributed by atoms with van der Waals surface area (Å²) in [5, 5.41) is 2.85. The zero-order valence-corrected chi connectivity index (χ0v) is 12.5. The monoisotopic (exact) mass is 313 g/mol. The molecule has 0 saturated carbocycles. The molecular formula is C14H20BrNO2. The van der Waals surface area contributed by atoms with Gasteiger partial charge in [-0.05, 0) is 31.0 Å². The van der Waals surface area contributed by atoms with Gasteiger partial charge in [-0.2, -0.15) is 0 Å². The highest BCUT2D eigenvalue weighted by molar-refractivity contribution is 9.10. The van der Waals surface area contributed by atoms with Crippen molar-refractivity contribution < 1.29 is 9.53 Å². The van der Waals surface area contributed by atoms with E-state index in [1.54, 1.807) is 6.92 Å². The zero-order chi connectivity index (χ0) is 13.4. The van der Waals surface area contributed by atoms with Crippen molar-refractivity contribution in [1.29, 1.82) is 0 Å². The molecule has 0 radical (unpaired) electrons. The molecule has 0 saturated heterocycles. The van der Waals surface area contributed by atoms with Crippen LogP contribution in [-0.2, 0) is 11.3 Å². The van der Waals surface area contributed by atoms with E-state index in [4.69, 9.17) is 4.74 Å². The van der Waals surface area contributed by atoms with Gasteiger partial charge in [-0.3, -0.25) is 4.79 Å². The van der Waals surface area contributed by atoms with Crippen molar-refractivity contribution in [2.45, 2.75) is 38.1 Å². The Balaban J connectivity index is 2.46. The van der Waals surface area contributed by atoms with Crippen LogP contribution in [0.2, 0.25) is 0 Å². The van der Waals surface area contributed by atoms with Gasteiger partial charge in [-0.15, -0.1) is 0 Å². The molecule has 1 atom stereocenters. The highest BCUT2D eigenvalue weighted by Gasteiger charge is 2.07. The molecule has 1 amide bonds. The van der Waals surface area contributed by atoms with E-state index in [1.165, 1.54) is 0 Å². The van der Waals surface area contributed by atoms with Crippen LogP contribution < -0.4 is 10.1 Å². The molecule has 0 aliphatic rings. The summed E-state index contributed by atoms with van der Waals surface area (Å²) < 4.78 is 5.62. The summed E-state index contributed by atoms with van der Waals surface area (Å²) in [6.45, 7) is 5.21. The Labute approximate surface area is 117 Å². The van der Waals surface area contributed by atoms with Crippen LogP contribution in [0.15, 0.2) is 24.3 Å². The van der Waals surface area contributed by atoms with Crippen LogP contribution in [0.4, 0.5) is 0 Å². The number of hydrogen-bond acceptors (Lipinski definition) is 2. The van der Waals surface area contributed by atoms with Gasteiger partial charge < -0.3 is 10.1 Å². The molecule has 1 N–H and O–H groups in total. The topological polar surface area (TPSA) is 38.3 Å². The molecule has 0 fully saturated rings. The first-order valence-electron chi connectivity index (χ1n) is 6.27. The van der Waals surface area contributed by atoms with Gasteiger partial charge in [0, 0.05) is 6.54 Å². The molecule has 0 aromatic heterocycles. The normalized spacial score (nSPS) is 11.9. The van der Waals surface area contributed by atoms with Gasteiger partial charge in [0.15, 0.2) is 0 Å². The van der Waals surface area contributed by atoms with Crippen molar-refractivity contribution >= 4 is 21.8 Å². The number of unbranched alkanes of at least 4 members (excludes halogenated alkanes) is 1. The zero-order valence-electron chi connectivity index (χ0n) is 10.9. The highest BCUT2D eigenvalue weighted by Crippen LogP contribution is 2.13. The molecule has 0 heterocycles. The molecule has 0 aliphatic heterocycles. The molecule has 4 heteroatoms. The third-order valence-electron chi connectivity index (χ3n) is 2.49. The Morgan fingerprint density at radius 1 is 1.50 bits per heavy atom. The number of carbonyl (C=O) groups is 1. The Bertz CT molecular complexity index is 380. The lowest BCUT2D eigenvalue weighted by Gasteiger charge is -2.09. The van der Waals surface area contributed by atoms with Gasteiger partial charge in [0.05, 0.1) is 11.4 Å². The number of carbonyl (C=O) groups excluding carboxylic acids is 1. The highest BCUT2D eigenvalue weighted by atomic mass is 79.9. The van der Waals surface area contributed by atoms with Crippen LogP contribution >= 0.6 is 15.9 Å². The first-order chi connectivity index (χ1) is 8.63. The van der Waals surface area contributed by atoms with E-state index >= 15 is 0 Å². The second-order valence-corrected chi connectivity index (χ2v) is 5.56. The quantitative estimate of drug-likeness (QED) is 0.620. The minimum absolute atomic E-state index is 0.00713. The largest absolute Gasteiger partial charge is 0.494 e. The lowest BCUT2D eigenvalue weighted by atomic mass is 10.2. The van der Waals surface area contributed by atoms with Gasteiger partial charge in [0.2, 0.25) is 5.91 Å². The fourth-order valence-electron chi connectivity index (χ4n) is 1.41. The van der Waals surface area contributed by atoms with E-state index in [0.717, 1.165) is 30.8 Å². The number of ether oxygens (including phenoxy) is 1. The molecule has 0 aliphatic carbocycles. The number of alkyl halides is 1. The van der Waals surface area contributed by atoms with Crippen LogP contribution in [-0.4, -0.2) is 17.3 Å². The van der Waals surface area contributed by atoms with Crippen molar-refractivity contribution in [3.63, 3.8) is 0 Å². The minimum atomic E-state index is -0.165. The SMILES string of the molecule is CCCCOc1cccc(CNC(=O)C(C)Br)c1. The molecule has 0 spiro atoms. The number of amides is 1. The third-order valence-corrected chi connectivity index (χ3v) is 2.91. The Morgan fingerprint density at radius 2 is 2.28 bits per heavy atom. The predicted octanol–water partition coefficient (Wildman–Crippen LogP) is 3.27. The molecule has 1 unspecified atom stereocenters. The average Bonchev–Trinajstić information content (AvgIpc) is 2.36. The average molecular weight is 314 g/mol. The van der Waals surface area contributed by atoms with Gasteiger partial charge in [-0.25, -0.2) is 0 Å². The second kappa shape index (κ2) is 8.14. The Morgan fingerprint density at radius 3 is 2.94 bits per heavy atom. The van der Waals surface area contributed by atoms with Crippen molar-refractivity contribution in [2.75, 3.05) is 6.61 Å². The van der Waals surface area contributed by atoms with Crippen LogP contribution in [0.25, 0.3) is 0 Å². The van der Waals surface area contributed by atoms with Crippen LogP contribution in [0, 0.1) is 0 Å². The summed E-state index contributed by atoms with van der Waals surface area (Å²) in [7, 11) is 0. The van der Waals surface area contributed by atoms with Crippen LogP contribution in [0.3, 0.4) is 0 Å². The molecule has 1 rings (SSSR count). The predicted molar refractivity (Wildman–Crippen MR) is 77.1 cm³/mol. The van der Waals surface area contributed by atoms with Crippen molar-refractivity contribution in [2.24, 2.45) is 0 Å². The van der Waals surface area contributed by atoms with Gasteiger partial charge >= 0.3 is 0 Å². The van der Waals surface area contributed by atoms with Crippen LogP contribution in [0.1, 0.15) is 32.3 Å². The number of nitrogens with one attached hydrogen (secondary N) is 1. The maximum atomic E-state index is 11.4. The van der Waals surface area contributed by atoms with Gasteiger partial charge in [0.1, 0.15) is 5.75 Å². The van der Waals surface area contributed by atoms with Crippen molar-refractivity contribution in [3.05, 3.63) is 29.8 Å². The molecule has 100 valence electrons. The van der Waals surface area contributed by atoms with E-state index in [9.17, 15) is 4.79 Å². The number of rotatable bonds is 7. The summed E-state index contributed by atoms with van der Waals surface area (Å²) in [4.78, 5) is 11.3. The standard InChI is InChI=1S/C14H20BrNO2/c1-3-4-8-18-13-7-5-6-12(9-13)10-16-14(17)11(2)15/h5-7,9,11H,3-4,8,10H2,1-2H3,(H,16,17). The second-order valence-electron chi connectivity index (χ2n) is 4.18. The fourth-order valence-corrected chi connectivity index (χ4v) is 1.57. The third kappa shape index (κ3) is 5.54. The summed E-state index contributed by atoms with van der Waals surface area (Å²) >= 11 is 3.23. The van der Waals surface area contributed by atoms with Gasteiger partial charge in [0.25, 0.3) is 0 Å². The number of benzene rings is 1. The van der Waals surface area contributed by atoms with E-state index in [1.807, 2.05) is 24.3 Å². The van der Waals surface area contributed by atoms with Gasteiger partial charge in [-0.1, -0.05) is 41.4 Å². The van der Waals surface area contributed by atoms with E-state index < -0.39 is 0 Å². The van der Waals surface area contributed by atoms with Crippen molar-refractivity contribution in [1.82, 2.24) is 5.32 Å². The maximum Gasteiger partial charge on any atom is 0.233 e. The molecule has 18 heavy (non-hydrogen) atoms. The number of hydrogen-bond donors (Lipinski definition) is 1. The number of halogens is 1. The first kappa shape index (κ1) is 15.0. The maximum absolute atomic E-state index is 11.4.